The van der Waals surface area contributed by atoms with Gasteiger partial charge in [-0.3, -0.25) is 0 Å². The third-order valence-corrected chi connectivity index (χ3v) is 4.97. The van der Waals surface area contributed by atoms with Crippen molar-refractivity contribution in [2.45, 2.75) is 27.2 Å². The minimum Gasteiger partial charge on any atom is -0.368 e. The van der Waals surface area contributed by atoms with Gasteiger partial charge in [0, 0.05) is 37.6 Å². The Kier molecular flexibility index (Phi) is 5.27. The zero-order valence-electron chi connectivity index (χ0n) is 15.4. The van der Waals surface area contributed by atoms with Crippen LogP contribution in [0.3, 0.4) is 0 Å². The topological polar surface area (TPSA) is 35.6 Å². The first-order valence-electron chi connectivity index (χ1n) is 9.05. The summed E-state index contributed by atoms with van der Waals surface area (Å²) in [5.41, 5.74) is 6.03. The fourth-order valence-corrected chi connectivity index (χ4v) is 3.50. The molecule has 1 aliphatic rings. The largest absolute Gasteiger partial charge is 0.368 e. The fourth-order valence-electron chi connectivity index (χ4n) is 3.50. The van der Waals surface area contributed by atoms with Gasteiger partial charge in [-0.2, -0.15) is 0 Å². The van der Waals surface area contributed by atoms with Crippen LogP contribution in [0.25, 0.3) is 0 Å². The molecule has 2 amide bonds. The molecule has 0 radical (unpaired) electrons. The second-order valence-corrected chi connectivity index (χ2v) is 6.66. The van der Waals surface area contributed by atoms with E-state index >= 15 is 0 Å². The quantitative estimate of drug-likeness (QED) is 0.910. The van der Waals surface area contributed by atoms with E-state index in [2.05, 4.69) is 42.3 Å². The number of carbonyl (C=O) groups excluding carboxylic acids is 1. The summed E-state index contributed by atoms with van der Waals surface area (Å²) in [5, 5.41) is 3.04. The number of benzene rings is 2. The molecule has 3 rings (SSSR count). The molecule has 0 atom stereocenters. The summed E-state index contributed by atoms with van der Waals surface area (Å²) >= 11 is 0. The van der Waals surface area contributed by atoms with Gasteiger partial charge in [-0.25, -0.2) is 4.79 Å². The molecule has 0 saturated carbocycles. The molecule has 132 valence electrons. The lowest BCUT2D eigenvalue weighted by Gasteiger charge is -2.37. The number of piperazine rings is 1. The van der Waals surface area contributed by atoms with E-state index in [0.29, 0.717) is 0 Å². The maximum atomic E-state index is 12.5. The average Bonchev–Trinajstić information content (AvgIpc) is 2.63. The number of rotatable bonds is 3. The van der Waals surface area contributed by atoms with Crippen LogP contribution in [-0.2, 0) is 6.42 Å². The predicted octanol–water partition coefficient (Wildman–Crippen LogP) is 4.22. The molecule has 0 aliphatic carbocycles. The molecule has 4 nitrogen and oxygen atoms in total. The molecule has 4 heteroatoms. The zero-order valence-corrected chi connectivity index (χ0v) is 15.4. The van der Waals surface area contributed by atoms with Crippen LogP contribution in [0.1, 0.15) is 23.6 Å². The van der Waals surface area contributed by atoms with Crippen molar-refractivity contribution in [3.05, 3.63) is 59.2 Å². The van der Waals surface area contributed by atoms with Crippen LogP contribution < -0.4 is 10.2 Å². The number of carbonyl (C=O) groups is 1. The van der Waals surface area contributed by atoms with E-state index in [1.165, 1.54) is 16.8 Å². The van der Waals surface area contributed by atoms with Crippen molar-refractivity contribution in [2.24, 2.45) is 0 Å². The first kappa shape index (κ1) is 17.3. The minimum absolute atomic E-state index is 0.00514. The van der Waals surface area contributed by atoms with E-state index in [-0.39, 0.29) is 6.03 Å². The van der Waals surface area contributed by atoms with Gasteiger partial charge in [0.25, 0.3) is 0 Å². The van der Waals surface area contributed by atoms with Crippen molar-refractivity contribution in [2.75, 3.05) is 36.4 Å². The highest BCUT2D eigenvalue weighted by Crippen LogP contribution is 2.27. The van der Waals surface area contributed by atoms with Crippen molar-refractivity contribution in [1.82, 2.24) is 4.90 Å². The number of para-hydroxylation sites is 2. The van der Waals surface area contributed by atoms with Gasteiger partial charge in [0.2, 0.25) is 0 Å². The lowest BCUT2D eigenvalue weighted by Crippen LogP contribution is -2.50. The summed E-state index contributed by atoms with van der Waals surface area (Å²) in [6.45, 7) is 9.62. The zero-order chi connectivity index (χ0) is 17.8. The number of hydrogen-bond acceptors (Lipinski definition) is 2. The summed E-state index contributed by atoms with van der Waals surface area (Å²) in [4.78, 5) is 16.9. The molecular formula is C21H27N3O. The van der Waals surface area contributed by atoms with E-state index in [1.807, 2.05) is 36.1 Å². The first-order valence-corrected chi connectivity index (χ1v) is 9.05. The van der Waals surface area contributed by atoms with E-state index in [4.69, 9.17) is 0 Å². The molecule has 1 aliphatic heterocycles. The van der Waals surface area contributed by atoms with Crippen LogP contribution >= 0.6 is 0 Å². The highest BCUT2D eigenvalue weighted by atomic mass is 16.2. The summed E-state index contributed by atoms with van der Waals surface area (Å²) in [7, 11) is 0. The Morgan fingerprint density at radius 1 is 0.960 bits per heavy atom. The van der Waals surface area contributed by atoms with E-state index in [0.717, 1.165) is 43.9 Å². The summed E-state index contributed by atoms with van der Waals surface area (Å²) in [5.74, 6) is 0. The Hall–Kier alpha value is -2.49. The number of urea groups is 1. The van der Waals surface area contributed by atoms with Crippen molar-refractivity contribution in [3.63, 3.8) is 0 Å². The van der Waals surface area contributed by atoms with Gasteiger partial charge in [-0.1, -0.05) is 43.3 Å². The second-order valence-electron chi connectivity index (χ2n) is 6.66. The number of amides is 2. The van der Waals surface area contributed by atoms with Gasteiger partial charge in [0.1, 0.15) is 0 Å². The molecule has 25 heavy (non-hydrogen) atoms. The SMILES string of the molecule is CCc1cccc(C)c1N1CCN(C(=O)Nc2ccccc2C)CC1. The normalized spacial score (nSPS) is 14.5. The van der Waals surface area contributed by atoms with Crippen molar-refractivity contribution in [3.8, 4) is 0 Å². The molecule has 0 aromatic heterocycles. The van der Waals surface area contributed by atoms with Gasteiger partial charge in [0.05, 0.1) is 0 Å². The third-order valence-electron chi connectivity index (χ3n) is 4.97. The molecule has 0 spiro atoms. The lowest BCUT2D eigenvalue weighted by atomic mass is 10.0. The second kappa shape index (κ2) is 7.60. The average molecular weight is 337 g/mol. The number of nitrogens with one attached hydrogen (secondary N) is 1. The Morgan fingerprint density at radius 2 is 1.64 bits per heavy atom. The molecule has 0 unspecified atom stereocenters. The smallest absolute Gasteiger partial charge is 0.321 e. The van der Waals surface area contributed by atoms with Crippen LogP contribution in [0.2, 0.25) is 0 Å². The minimum atomic E-state index is -0.00514. The van der Waals surface area contributed by atoms with E-state index < -0.39 is 0 Å². The molecule has 0 bridgehead atoms. The summed E-state index contributed by atoms with van der Waals surface area (Å²) in [6.07, 6.45) is 1.03. The summed E-state index contributed by atoms with van der Waals surface area (Å²) in [6, 6.07) is 14.4. The Morgan fingerprint density at radius 3 is 2.32 bits per heavy atom. The summed E-state index contributed by atoms with van der Waals surface area (Å²) < 4.78 is 0. The fraction of sp³-hybridized carbons (Fsp3) is 0.381. The lowest BCUT2D eigenvalue weighted by molar-refractivity contribution is 0.208. The number of nitrogens with zero attached hydrogens (tertiary/aromatic N) is 2. The van der Waals surface area contributed by atoms with Crippen LogP contribution in [0.4, 0.5) is 16.2 Å². The van der Waals surface area contributed by atoms with Gasteiger partial charge in [0.15, 0.2) is 0 Å². The van der Waals surface area contributed by atoms with E-state index in [1.54, 1.807) is 0 Å². The number of aryl methyl sites for hydroxylation is 3. The van der Waals surface area contributed by atoms with Gasteiger partial charge in [-0.15, -0.1) is 0 Å². The molecule has 1 N–H and O–H groups in total. The standard InChI is InChI=1S/C21H27N3O/c1-4-18-10-7-9-17(3)20(18)23-12-14-24(15-13-23)21(25)22-19-11-6-5-8-16(19)2/h5-11H,4,12-15H2,1-3H3,(H,22,25). The Labute approximate surface area is 150 Å². The molecule has 1 fully saturated rings. The van der Waals surface area contributed by atoms with Crippen molar-refractivity contribution >= 4 is 17.4 Å². The molecule has 2 aromatic carbocycles. The Bertz CT molecular complexity index is 749. The first-order chi connectivity index (χ1) is 12.1. The third kappa shape index (κ3) is 3.78. The van der Waals surface area contributed by atoms with Gasteiger partial charge >= 0.3 is 6.03 Å². The van der Waals surface area contributed by atoms with Crippen LogP contribution in [-0.4, -0.2) is 37.1 Å². The maximum absolute atomic E-state index is 12.5. The predicted molar refractivity (Wildman–Crippen MR) is 105 cm³/mol. The van der Waals surface area contributed by atoms with Crippen LogP contribution in [0, 0.1) is 13.8 Å². The highest BCUT2D eigenvalue weighted by Gasteiger charge is 2.23. The van der Waals surface area contributed by atoms with Crippen molar-refractivity contribution in [1.29, 1.82) is 0 Å². The number of anilines is 2. The number of hydrogen-bond donors (Lipinski definition) is 1. The van der Waals surface area contributed by atoms with Crippen molar-refractivity contribution < 1.29 is 4.79 Å². The van der Waals surface area contributed by atoms with Crippen LogP contribution in [0.5, 0.6) is 0 Å². The monoisotopic (exact) mass is 337 g/mol. The van der Waals surface area contributed by atoms with Crippen LogP contribution in [0.15, 0.2) is 42.5 Å². The maximum Gasteiger partial charge on any atom is 0.321 e. The van der Waals surface area contributed by atoms with Gasteiger partial charge < -0.3 is 15.1 Å². The molecule has 1 heterocycles. The highest BCUT2D eigenvalue weighted by molar-refractivity contribution is 5.90. The molecule has 2 aromatic rings. The molecule has 1 saturated heterocycles. The van der Waals surface area contributed by atoms with E-state index in [9.17, 15) is 4.79 Å². The molecular weight excluding hydrogens is 310 g/mol. The Balaban J connectivity index is 1.64. The van der Waals surface area contributed by atoms with Gasteiger partial charge in [-0.05, 0) is 43.0 Å².